The molecule has 0 bridgehead atoms. The van der Waals surface area contributed by atoms with Crippen LogP contribution in [0.1, 0.15) is 36.7 Å². The van der Waals surface area contributed by atoms with Gasteiger partial charge in [-0.05, 0) is 55.1 Å². The Hall–Kier alpha value is -3.23. The molecule has 0 spiro atoms. The summed E-state index contributed by atoms with van der Waals surface area (Å²) in [6.45, 7) is 6.97. The van der Waals surface area contributed by atoms with Crippen LogP contribution >= 0.6 is 0 Å². The smallest absolute Gasteiger partial charge is 0.255 e. The van der Waals surface area contributed by atoms with Crippen molar-refractivity contribution in [3.8, 4) is 0 Å². The number of aliphatic hydroxyl groups is 1. The van der Waals surface area contributed by atoms with Crippen molar-refractivity contribution in [2.45, 2.75) is 27.4 Å². The Bertz CT molecular complexity index is 910. The molecule has 0 atom stereocenters. The zero-order valence-electron chi connectivity index (χ0n) is 17.5. The lowest BCUT2D eigenvalue weighted by Crippen LogP contribution is -2.32. The van der Waals surface area contributed by atoms with Gasteiger partial charge >= 0.3 is 0 Å². The number of nitrogens with zero attached hydrogens (tertiary/aromatic N) is 1. The van der Waals surface area contributed by atoms with Crippen molar-refractivity contribution >= 4 is 34.8 Å². The summed E-state index contributed by atoms with van der Waals surface area (Å²) in [5, 5.41) is 17.6. The van der Waals surface area contributed by atoms with Gasteiger partial charge in [0.1, 0.15) is 0 Å². The third-order valence-electron chi connectivity index (χ3n) is 4.42. The Labute approximate surface area is 176 Å². The summed E-state index contributed by atoms with van der Waals surface area (Å²) >= 11 is 0. The van der Waals surface area contributed by atoms with E-state index in [1.807, 2.05) is 18.7 Å². The maximum Gasteiger partial charge on any atom is 0.255 e. The highest BCUT2D eigenvalue weighted by Gasteiger charge is 2.11. The van der Waals surface area contributed by atoms with Crippen molar-refractivity contribution in [2.24, 2.45) is 0 Å². The minimum atomic E-state index is -0.376. The van der Waals surface area contributed by atoms with Gasteiger partial charge in [0.15, 0.2) is 0 Å². The van der Waals surface area contributed by atoms with E-state index in [0.29, 0.717) is 28.2 Å². The van der Waals surface area contributed by atoms with E-state index in [-0.39, 0.29) is 30.9 Å². The van der Waals surface area contributed by atoms with Crippen LogP contribution in [-0.4, -0.2) is 47.4 Å². The van der Waals surface area contributed by atoms with Gasteiger partial charge < -0.3 is 21.1 Å². The van der Waals surface area contributed by atoms with Crippen molar-refractivity contribution in [3.05, 3.63) is 53.6 Å². The zero-order valence-corrected chi connectivity index (χ0v) is 17.5. The number of aliphatic hydroxyl groups excluding tert-OH is 1. The topological polar surface area (TPSA) is 111 Å². The molecule has 0 aromatic heterocycles. The van der Waals surface area contributed by atoms with Gasteiger partial charge in [-0.15, -0.1) is 0 Å². The SMILES string of the molecule is CCN(CC)CC(=O)Nc1cccc(C(=O)Nc2cc(CO)cc(NC(C)=O)c2)c1. The number of hydrogen-bond acceptors (Lipinski definition) is 5. The van der Waals surface area contributed by atoms with Gasteiger partial charge in [0, 0.05) is 29.5 Å². The second-order valence-corrected chi connectivity index (χ2v) is 6.80. The van der Waals surface area contributed by atoms with Crippen LogP contribution in [0.5, 0.6) is 0 Å². The van der Waals surface area contributed by atoms with E-state index in [1.165, 1.54) is 6.92 Å². The summed E-state index contributed by atoms with van der Waals surface area (Å²) in [5.74, 6) is -0.777. The molecule has 0 saturated carbocycles. The lowest BCUT2D eigenvalue weighted by atomic mass is 10.1. The highest BCUT2D eigenvalue weighted by molar-refractivity contribution is 6.06. The number of carbonyl (C=O) groups is 3. The Balaban J connectivity index is 2.11. The fourth-order valence-electron chi connectivity index (χ4n) is 2.92. The molecular formula is C22H28N4O4. The second-order valence-electron chi connectivity index (χ2n) is 6.80. The quantitative estimate of drug-likeness (QED) is 0.506. The number of amides is 3. The maximum atomic E-state index is 12.7. The summed E-state index contributed by atoms with van der Waals surface area (Å²) in [4.78, 5) is 38.2. The highest BCUT2D eigenvalue weighted by atomic mass is 16.3. The minimum absolute atomic E-state index is 0.146. The van der Waals surface area contributed by atoms with Crippen molar-refractivity contribution in [1.82, 2.24) is 4.90 Å². The maximum absolute atomic E-state index is 12.7. The number of anilines is 3. The number of rotatable bonds is 9. The standard InChI is InChI=1S/C22H28N4O4/c1-4-26(5-2)13-21(29)24-18-8-6-7-17(11-18)22(30)25-20-10-16(14-27)9-19(12-20)23-15(3)28/h6-12,27H,4-5,13-14H2,1-3H3,(H,23,28)(H,24,29)(H,25,30). The molecule has 4 N–H and O–H groups in total. The van der Waals surface area contributed by atoms with E-state index in [9.17, 15) is 19.5 Å². The van der Waals surface area contributed by atoms with Gasteiger partial charge in [-0.25, -0.2) is 0 Å². The summed E-state index contributed by atoms with van der Waals surface area (Å²) in [7, 11) is 0. The fraction of sp³-hybridized carbons (Fsp3) is 0.318. The van der Waals surface area contributed by atoms with E-state index in [1.54, 1.807) is 42.5 Å². The molecule has 0 radical (unpaired) electrons. The largest absolute Gasteiger partial charge is 0.392 e. The zero-order chi connectivity index (χ0) is 22.1. The van der Waals surface area contributed by atoms with Crippen molar-refractivity contribution in [1.29, 1.82) is 0 Å². The molecule has 0 saturated heterocycles. The number of hydrogen-bond donors (Lipinski definition) is 4. The molecule has 30 heavy (non-hydrogen) atoms. The molecule has 0 aliphatic heterocycles. The van der Waals surface area contributed by atoms with Gasteiger partial charge in [0.25, 0.3) is 5.91 Å². The molecular weight excluding hydrogens is 384 g/mol. The van der Waals surface area contributed by atoms with E-state index in [2.05, 4.69) is 16.0 Å². The molecule has 160 valence electrons. The van der Waals surface area contributed by atoms with Crippen LogP contribution in [-0.2, 0) is 16.2 Å². The lowest BCUT2D eigenvalue weighted by Gasteiger charge is -2.17. The molecule has 0 fully saturated rings. The molecule has 8 heteroatoms. The number of nitrogens with one attached hydrogen (secondary N) is 3. The van der Waals surface area contributed by atoms with Crippen molar-refractivity contribution in [2.75, 3.05) is 35.6 Å². The number of benzene rings is 2. The van der Waals surface area contributed by atoms with E-state index < -0.39 is 0 Å². The van der Waals surface area contributed by atoms with Gasteiger partial charge in [0.2, 0.25) is 11.8 Å². The first-order chi connectivity index (χ1) is 14.3. The van der Waals surface area contributed by atoms with Gasteiger partial charge in [-0.3, -0.25) is 19.3 Å². The molecule has 3 amide bonds. The third-order valence-corrected chi connectivity index (χ3v) is 4.42. The Morgan fingerprint density at radius 1 is 0.900 bits per heavy atom. The average Bonchev–Trinajstić information content (AvgIpc) is 2.71. The van der Waals surface area contributed by atoms with Crippen LogP contribution < -0.4 is 16.0 Å². The molecule has 0 aliphatic rings. The lowest BCUT2D eigenvalue weighted by molar-refractivity contribution is -0.117. The van der Waals surface area contributed by atoms with Gasteiger partial charge in [-0.1, -0.05) is 19.9 Å². The van der Waals surface area contributed by atoms with Crippen LogP contribution in [0.25, 0.3) is 0 Å². The normalized spacial score (nSPS) is 10.6. The molecule has 2 aromatic carbocycles. The molecule has 2 aromatic rings. The van der Waals surface area contributed by atoms with Crippen LogP contribution in [0.15, 0.2) is 42.5 Å². The number of carbonyl (C=O) groups excluding carboxylic acids is 3. The highest BCUT2D eigenvalue weighted by Crippen LogP contribution is 2.21. The summed E-state index contributed by atoms with van der Waals surface area (Å²) in [6, 6.07) is 11.5. The Morgan fingerprint density at radius 3 is 2.17 bits per heavy atom. The second kappa shape index (κ2) is 11.1. The fourth-order valence-corrected chi connectivity index (χ4v) is 2.92. The van der Waals surface area contributed by atoms with Crippen LogP contribution in [0.3, 0.4) is 0 Å². The Morgan fingerprint density at radius 2 is 1.57 bits per heavy atom. The predicted octanol–water partition coefficient (Wildman–Crippen LogP) is 2.67. The first-order valence-electron chi connectivity index (χ1n) is 9.80. The van der Waals surface area contributed by atoms with Crippen LogP contribution in [0.4, 0.5) is 17.1 Å². The molecule has 0 unspecified atom stereocenters. The molecule has 8 nitrogen and oxygen atoms in total. The van der Waals surface area contributed by atoms with E-state index in [0.717, 1.165) is 13.1 Å². The van der Waals surface area contributed by atoms with Gasteiger partial charge in [-0.2, -0.15) is 0 Å². The first-order valence-corrected chi connectivity index (χ1v) is 9.80. The van der Waals surface area contributed by atoms with Crippen LogP contribution in [0, 0.1) is 0 Å². The van der Waals surface area contributed by atoms with E-state index >= 15 is 0 Å². The van der Waals surface area contributed by atoms with E-state index in [4.69, 9.17) is 0 Å². The molecule has 2 rings (SSSR count). The average molecular weight is 412 g/mol. The molecule has 0 aliphatic carbocycles. The predicted molar refractivity (Wildman–Crippen MR) is 117 cm³/mol. The third kappa shape index (κ3) is 6.98. The Kier molecular flexibility index (Phi) is 8.52. The summed E-state index contributed by atoms with van der Waals surface area (Å²) < 4.78 is 0. The van der Waals surface area contributed by atoms with Crippen molar-refractivity contribution in [3.63, 3.8) is 0 Å². The first kappa shape index (κ1) is 23.1. The minimum Gasteiger partial charge on any atom is -0.392 e. The van der Waals surface area contributed by atoms with Crippen molar-refractivity contribution < 1.29 is 19.5 Å². The van der Waals surface area contributed by atoms with Gasteiger partial charge in [0.05, 0.1) is 13.2 Å². The summed E-state index contributed by atoms with van der Waals surface area (Å²) in [6.07, 6.45) is 0. The monoisotopic (exact) mass is 412 g/mol. The summed E-state index contributed by atoms with van der Waals surface area (Å²) in [5.41, 5.74) is 2.36. The molecule has 0 heterocycles. The van der Waals surface area contributed by atoms with Crippen LogP contribution in [0.2, 0.25) is 0 Å². The number of likely N-dealkylation sites (N-methyl/N-ethyl adjacent to an activating group) is 1.